The number of nitrogens with zero attached hydrogens (tertiary/aromatic N) is 1. The first-order valence-electron chi connectivity index (χ1n) is 8.97. The third-order valence-corrected chi connectivity index (χ3v) is 5.18. The normalized spacial score (nSPS) is 12.0. The molecule has 0 aliphatic rings. The number of amides is 1. The Morgan fingerprint density at radius 3 is 2.70 bits per heavy atom. The van der Waals surface area contributed by atoms with E-state index < -0.39 is 0 Å². The summed E-state index contributed by atoms with van der Waals surface area (Å²) < 4.78 is 10.7. The quantitative estimate of drug-likeness (QED) is 0.625. The van der Waals surface area contributed by atoms with Crippen molar-refractivity contribution in [3.8, 4) is 16.5 Å². The van der Waals surface area contributed by atoms with Crippen molar-refractivity contribution < 1.29 is 13.9 Å². The zero-order valence-corrected chi connectivity index (χ0v) is 16.6. The van der Waals surface area contributed by atoms with Crippen molar-refractivity contribution in [2.45, 2.75) is 39.2 Å². The van der Waals surface area contributed by atoms with Crippen molar-refractivity contribution in [1.82, 2.24) is 10.3 Å². The van der Waals surface area contributed by atoms with Gasteiger partial charge in [0.15, 0.2) is 10.8 Å². The van der Waals surface area contributed by atoms with E-state index in [4.69, 9.17) is 9.15 Å². The van der Waals surface area contributed by atoms with Crippen LogP contribution in [0.4, 0.5) is 0 Å². The number of aryl methyl sites for hydroxylation is 2. The number of ether oxygens (including phenoxy) is 1. The number of benzene rings is 1. The van der Waals surface area contributed by atoms with Crippen LogP contribution >= 0.6 is 11.3 Å². The fourth-order valence-electron chi connectivity index (χ4n) is 2.79. The lowest BCUT2D eigenvalue weighted by atomic mass is 10.1. The molecule has 142 valence electrons. The van der Waals surface area contributed by atoms with Gasteiger partial charge in [0.05, 0.1) is 19.2 Å². The lowest BCUT2D eigenvalue weighted by molar-refractivity contribution is -0.121. The van der Waals surface area contributed by atoms with Gasteiger partial charge in [0.1, 0.15) is 11.5 Å². The second-order valence-electron chi connectivity index (χ2n) is 6.59. The van der Waals surface area contributed by atoms with Gasteiger partial charge in [-0.15, -0.1) is 11.3 Å². The van der Waals surface area contributed by atoms with Gasteiger partial charge in [0.2, 0.25) is 5.91 Å². The molecular formula is C21H24N2O3S. The average Bonchev–Trinajstić information content (AvgIpc) is 3.29. The standard InChI is InChI=1S/C21H24N2O3S/c1-14(4-6-16-7-9-18(25-3)10-8-16)22-20(24)12-17-13-27-21(23-17)19-11-5-15(2)26-19/h5,7-11,13-14H,4,6,12H2,1-3H3,(H,22,24). The van der Waals surface area contributed by atoms with Crippen molar-refractivity contribution in [2.24, 2.45) is 0 Å². The molecule has 2 aromatic heterocycles. The fourth-order valence-corrected chi connectivity index (χ4v) is 3.57. The molecule has 1 atom stereocenters. The molecule has 5 nitrogen and oxygen atoms in total. The molecule has 0 radical (unpaired) electrons. The first-order chi connectivity index (χ1) is 13.0. The number of rotatable bonds is 8. The van der Waals surface area contributed by atoms with Crippen LogP contribution in [0.25, 0.3) is 10.8 Å². The summed E-state index contributed by atoms with van der Waals surface area (Å²) >= 11 is 1.49. The predicted molar refractivity (Wildman–Crippen MR) is 107 cm³/mol. The molecule has 27 heavy (non-hydrogen) atoms. The molecule has 3 aromatic rings. The molecule has 1 aromatic carbocycles. The summed E-state index contributed by atoms with van der Waals surface area (Å²) in [7, 11) is 1.66. The Kier molecular flexibility index (Phi) is 6.29. The Bertz CT molecular complexity index is 883. The van der Waals surface area contributed by atoms with Crippen LogP contribution in [-0.4, -0.2) is 24.0 Å². The predicted octanol–water partition coefficient (Wildman–Crippen LogP) is 4.40. The fraction of sp³-hybridized carbons (Fsp3) is 0.333. The summed E-state index contributed by atoms with van der Waals surface area (Å²) in [6.07, 6.45) is 2.07. The van der Waals surface area contributed by atoms with Crippen molar-refractivity contribution in [3.63, 3.8) is 0 Å². The Balaban J connectivity index is 1.46. The maximum absolute atomic E-state index is 12.3. The Labute approximate surface area is 163 Å². The number of aromatic nitrogens is 1. The Morgan fingerprint density at radius 2 is 2.04 bits per heavy atom. The molecule has 0 aliphatic carbocycles. The molecule has 1 N–H and O–H groups in total. The molecule has 0 bridgehead atoms. The van der Waals surface area contributed by atoms with Gasteiger partial charge in [0, 0.05) is 11.4 Å². The second-order valence-corrected chi connectivity index (χ2v) is 7.44. The Morgan fingerprint density at radius 1 is 1.26 bits per heavy atom. The number of carbonyl (C=O) groups is 1. The highest BCUT2D eigenvalue weighted by Gasteiger charge is 2.13. The van der Waals surface area contributed by atoms with Gasteiger partial charge in [-0.25, -0.2) is 4.98 Å². The summed E-state index contributed by atoms with van der Waals surface area (Å²) in [5, 5.41) is 5.77. The molecule has 0 saturated heterocycles. The monoisotopic (exact) mass is 384 g/mol. The number of hydrogen-bond donors (Lipinski definition) is 1. The lowest BCUT2D eigenvalue weighted by Gasteiger charge is -2.13. The second kappa shape index (κ2) is 8.86. The number of furan rings is 1. The van der Waals surface area contributed by atoms with Crippen LogP contribution in [0.3, 0.4) is 0 Å². The average molecular weight is 385 g/mol. The van der Waals surface area contributed by atoms with E-state index in [0.717, 1.165) is 40.8 Å². The summed E-state index contributed by atoms with van der Waals surface area (Å²) in [6, 6.07) is 11.9. The van der Waals surface area contributed by atoms with E-state index in [-0.39, 0.29) is 18.4 Å². The van der Waals surface area contributed by atoms with Crippen LogP contribution in [0.5, 0.6) is 5.75 Å². The highest BCUT2D eigenvalue weighted by Crippen LogP contribution is 2.25. The molecular weight excluding hydrogens is 360 g/mol. The number of hydrogen-bond acceptors (Lipinski definition) is 5. The molecule has 3 rings (SSSR count). The van der Waals surface area contributed by atoms with Gasteiger partial charge in [-0.1, -0.05) is 12.1 Å². The minimum absolute atomic E-state index is 0.00953. The number of methoxy groups -OCH3 is 1. The number of nitrogens with one attached hydrogen (secondary N) is 1. The van der Waals surface area contributed by atoms with Crippen molar-refractivity contribution in [3.05, 3.63) is 58.8 Å². The summed E-state index contributed by atoms with van der Waals surface area (Å²) in [5.41, 5.74) is 2.00. The molecule has 0 saturated carbocycles. The zero-order chi connectivity index (χ0) is 19.2. The third kappa shape index (κ3) is 5.44. The van der Waals surface area contributed by atoms with Crippen LogP contribution in [0.1, 0.15) is 30.4 Å². The number of thiazole rings is 1. The van der Waals surface area contributed by atoms with E-state index in [1.54, 1.807) is 7.11 Å². The summed E-state index contributed by atoms with van der Waals surface area (Å²) in [5.74, 6) is 2.44. The molecule has 0 aliphatic heterocycles. The van der Waals surface area contributed by atoms with Gasteiger partial charge < -0.3 is 14.5 Å². The minimum Gasteiger partial charge on any atom is -0.497 e. The van der Waals surface area contributed by atoms with Crippen molar-refractivity contribution in [2.75, 3.05) is 7.11 Å². The summed E-state index contributed by atoms with van der Waals surface area (Å²) in [6.45, 7) is 3.93. The van der Waals surface area contributed by atoms with E-state index in [1.165, 1.54) is 16.9 Å². The molecule has 1 amide bonds. The van der Waals surface area contributed by atoms with Gasteiger partial charge >= 0.3 is 0 Å². The minimum atomic E-state index is -0.00953. The van der Waals surface area contributed by atoms with Crippen LogP contribution in [-0.2, 0) is 17.6 Å². The van der Waals surface area contributed by atoms with E-state index in [9.17, 15) is 4.79 Å². The Hall–Kier alpha value is -2.60. The van der Waals surface area contributed by atoms with Gasteiger partial charge in [-0.3, -0.25) is 4.79 Å². The zero-order valence-electron chi connectivity index (χ0n) is 15.8. The number of carbonyl (C=O) groups excluding carboxylic acids is 1. The van der Waals surface area contributed by atoms with E-state index in [0.29, 0.717) is 0 Å². The smallest absolute Gasteiger partial charge is 0.226 e. The van der Waals surface area contributed by atoms with E-state index >= 15 is 0 Å². The van der Waals surface area contributed by atoms with Crippen LogP contribution in [0.2, 0.25) is 0 Å². The largest absolute Gasteiger partial charge is 0.497 e. The lowest BCUT2D eigenvalue weighted by Crippen LogP contribution is -2.34. The van der Waals surface area contributed by atoms with Crippen molar-refractivity contribution >= 4 is 17.2 Å². The van der Waals surface area contributed by atoms with Crippen LogP contribution < -0.4 is 10.1 Å². The highest BCUT2D eigenvalue weighted by molar-refractivity contribution is 7.13. The maximum atomic E-state index is 12.3. The van der Waals surface area contributed by atoms with E-state index in [1.807, 2.05) is 43.5 Å². The van der Waals surface area contributed by atoms with Gasteiger partial charge in [-0.05, 0) is 56.5 Å². The molecule has 1 unspecified atom stereocenters. The van der Waals surface area contributed by atoms with Crippen LogP contribution in [0, 0.1) is 6.92 Å². The highest BCUT2D eigenvalue weighted by atomic mass is 32.1. The summed E-state index contributed by atoms with van der Waals surface area (Å²) in [4.78, 5) is 16.8. The molecule has 0 spiro atoms. The molecule has 6 heteroatoms. The van der Waals surface area contributed by atoms with Gasteiger partial charge in [-0.2, -0.15) is 0 Å². The first-order valence-corrected chi connectivity index (χ1v) is 9.85. The maximum Gasteiger partial charge on any atom is 0.226 e. The van der Waals surface area contributed by atoms with E-state index in [2.05, 4.69) is 22.4 Å². The third-order valence-electron chi connectivity index (χ3n) is 4.28. The SMILES string of the molecule is COc1ccc(CCC(C)NC(=O)Cc2csc(-c3ccc(C)o3)n2)cc1. The molecule has 0 fully saturated rings. The van der Waals surface area contributed by atoms with Crippen LogP contribution in [0.15, 0.2) is 46.2 Å². The topological polar surface area (TPSA) is 64.4 Å². The molecule has 2 heterocycles. The van der Waals surface area contributed by atoms with Gasteiger partial charge in [0.25, 0.3) is 0 Å². The first kappa shape index (κ1) is 19.2. The van der Waals surface area contributed by atoms with Crippen molar-refractivity contribution in [1.29, 1.82) is 0 Å².